The van der Waals surface area contributed by atoms with Crippen molar-refractivity contribution in [2.24, 2.45) is 0 Å². The first-order valence-electron chi connectivity index (χ1n) is 7.36. The van der Waals surface area contributed by atoms with Gasteiger partial charge in [0.05, 0.1) is 6.54 Å². The first kappa shape index (κ1) is 17.4. The molecule has 0 aromatic heterocycles. The van der Waals surface area contributed by atoms with Gasteiger partial charge in [0.15, 0.2) is 0 Å². The first-order chi connectivity index (χ1) is 8.63. The Kier molecular flexibility index (Phi) is 11.1. The Labute approximate surface area is 113 Å². The molecule has 0 radical (unpaired) electrons. The zero-order valence-corrected chi connectivity index (χ0v) is 12.6. The molecule has 0 aliphatic carbocycles. The molecule has 1 atom stereocenters. The van der Waals surface area contributed by atoms with Gasteiger partial charge in [-0.2, -0.15) is 0 Å². The summed E-state index contributed by atoms with van der Waals surface area (Å²) >= 11 is 0. The lowest BCUT2D eigenvalue weighted by molar-refractivity contribution is -0.120. The minimum Gasteiger partial charge on any atom is -0.353 e. The summed E-state index contributed by atoms with van der Waals surface area (Å²) in [5, 5.41) is 6.20. The second kappa shape index (κ2) is 11.5. The zero-order valence-electron chi connectivity index (χ0n) is 12.6. The molecular formula is C14H31N3O. The molecule has 0 aromatic carbocycles. The highest BCUT2D eigenvalue weighted by Crippen LogP contribution is 1.93. The van der Waals surface area contributed by atoms with Crippen molar-refractivity contribution in [2.45, 2.75) is 53.0 Å². The highest BCUT2D eigenvalue weighted by molar-refractivity contribution is 5.78. The van der Waals surface area contributed by atoms with Gasteiger partial charge in [-0.15, -0.1) is 0 Å². The molecule has 0 fully saturated rings. The second-order valence-corrected chi connectivity index (χ2v) is 4.87. The van der Waals surface area contributed by atoms with Crippen LogP contribution in [-0.2, 0) is 4.79 Å². The van der Waals surface area contributed by atoms with Gasteiger partial charge >= 0.3 is 0 Å². The Morgan fingerprint density at radius 3 is 2.44 bits per heavy atom. The van der Waals surface area contributed by atoms with Crippen LogP contribution < -0.4 is 10.6 Å². The van der Waals surface area contributed by atoms with Crippen LogP contribution in [0.4, 0.5) is 0 Å². The van der Waals surface area contributed by atoms with E-state index in [0.717, 1.165) is 39.0 Å². The number of rotatable bonds is 11. The minimum absolute atomic E-state index is 0.106. The van der Waals surface area contributed by atoms with Crippen molar-refractivity contribution in [1.82, 2.24) is 15.5 Å². The van der Waals surface area contributed by atoms with E-state index < -0.39 is 0 Å². The average Bonchev–Trinajstić information content (AvgIpc) is 2.33. The summed E-state index contributed by atoms with van der Waals surface area (Å²) in [6, 6.07) is 0.288. The molecule has 0 bridgehead atoms. The van der Waals surface area contributed by atoms with Crippen molar-refractivity contribution in [2.75, 3.05) is 32.7 Å². The quantitative estimate of drug-likeness (QED) is 0.553. The van der Waals surface area contributed by atoms with Crippen molar-refractivity contribution < 1.29 is 4.79 Å². The second-order valence-electron chi connectivity index (χ2n) is 4.87. The predicted octanol–water partition coefficient (Wildman–Crippen LogP) is 1.61. The summed E-state index contributed by atoms with van der Waals surface area (Å²) in [6.07, 6.45) is 3.34. The molecule has 1 unspecified atom stereocenters. The number of amides is 1. The van der Waals surface area contributed by atoms with Crippen molar-refractivity contribution >= 4 is 5.91 Å². The SMILES string of the molecule is CCCC(C)NC(=O)CNCCN(CC)CCC. The van der Waals surface area contributed by atoms with E-state index in [-0.39, 0.29) is 11.9 Å². The van der Waals surface area contributed by atoms with E-state index in [0.29, 0.717) is 6.54 Å². The van der Waals surface area contributed by atoms with Gasteiger partial charge in [0.2, 0.25) is 5.91 Å². The topological polar surface area (TPSA) is 44.4 Å². The number of nitrogens with one attached hydrogen (secondary N) is 2. The lowest BCUT2D eigenvalue weighted by Crippen LogP contribution is -2.41. The maximum atomic E-state index is 11.6. The highest BCUT2D eigenvalue weighted by atomic mass is 16.1. The molecule has 0 saturated heterocycles. The van der Waals surface area contributed by atoms with Gasteiger partial charge < -0.3 is 15.5 Å². The maximum Gasteiger partial charge on any atom is 0.234 e. The van der Waals surface area contributed by atoms with Crippen molar-refractivity contribution in [3.8, 4) is 0 Å². The summed E-state index contributed by atoms with van der Waals surface area (Å²) in [6.45, 7) is 13.1. The number of nitrogens with zero attached hydrogens (tertiary/aromatic N) is 1. The van der Waals surface area contributed by atoms with Crippen molar-refractivity contribution in [1.29, 1.82) is 0 Å². The van der Waals surface area contributed by atoms with Crippen LogP contribution in [0.3, 0.4) is 0 Å². The molecule has 18 heavy (non-hydrogen) atoms. The van der Waals surface area contributed by atoms with Crippen LogP contribution in [0.5, 0.6) is 0 Å². The van der Waals surface area contributed by atoms with Crippen LogP contribution in [0.15, 0.2) is 0 Å². The number of carbonyl (C=O) groups is 1. The van der Waals surface area contributed by atoms with Gasteiger partial charge in [-0.1, -0.05) is 27.2 Å². The average molecular weight is 257 g/mol. The number of carbonyl (C=O) groups excluding carboxylic acids is 1. The fourth-order valence-electron chi connectivity index (χ4n) is 2.01. The third-order valence-corrected chi connectivity index (χ3v) is 3.01. The van der Waals surface area contributed by atoms with E-state index in [4.69, 9.17) is 0 Å². The molecule has 0 saturated carbocycles. The Morgan fingerprint density at radius 1 is 1.17 bits per heavy atom. The number of likely N-dealkylation sites (N-methyl/N-ethyl adjacent to an activating group) is 1. The van der Waals surface area contributed by atoms with Gasteiger partial charge in [0.25, 0.3) is 0 Å². The third kappa shape index (κ3) is 9.42. The highest BCUT2D eigenvalue weighted by Gasteiger charge is 2.06. The van der Waals surface area contributed by atoms with Gasteiger partial charge in [-0.25, -0.2) is 0 Å². The fraction of sp³-hybridized carbons (Fsp3) is 0.929. The Bertz CT molecular complexity index is 209. The summed E-state index contributed by atoms with van der Waals surface area (Å²) < 4.78 is 0. The summed E-state index contributed by atoms with van der Waals surface area (Å²) in [7, 11) is 0. The van der Waals surface area contributed by atoms with Crippen molar-refractivity contribution in [3.05, 3.63) is 0 Å². The molecule has 0 spiro atoms. The smallest absolute Gasteiger partial charge is 0.234 e. The number of hydrogen-bond donors (Lipinski definition) is 2. The van der Waals surface area contributed by atoms with Gasteiger partial charge in [-0.3, -0.25) is 4.79 Å². The molecule has 0 aliphatic rings. The van der Waals surface area contributed by atoms with E-state index in [1.54, 1.807) is 0 Å². The molecule has 1 amide bonds. The standard InChI is InChI=1S/C14H31N3O/c1-5-8-13(4)16-14(18)12-15-9-11-17(7-3)10-6-2/h13,15H,5-12H2,1-4H3,(H,16,18). The van der Waals surface area contributed by atoms with E-state index >= 15 is 0 Å². The van der Waals surface area contributed by atoms with E-state index in [1.165, 1.54) is 6.42 Å². The first-order valence-corrected chi connectivity index (χ1v) is 7.36. The Balaban J connectivity index is 3.55. The molecule has 0 heterocycles. The minimum atomic E-state index is 0.106. The van der Waals surface area contributed by atoms with Gasteiger partial charge in [0.1, 0.15) is 0 Å². The van der Waals surface area contributed by atoms with Crippen LogP contribution in [0.1, 0.15) is 47.0 Å². The van der Waals surface area contributed by atoms with Crippen LogP contribution in [-0.4, -0.2) is 49.6 Å². The zero-order chi connectivity index (χ0) is 13.8. The molecule has 0 rings (SSSR count). The number of hydrogen-bond acceptors (Lipinski definition) is 3. The maximum absolute atomic E-state index is 11.6. The van der Waals surface area contributed by atoms with Crippen LogP contribution in [0.2, 0.25) is 0 Å². The molecule has 2 N–H and O–H groups in total. The van der Waals surface area contributed by atoms with Gasteiger partial charge in [0, 0.05) is 19.1 Å². The monoisotopic (exact) mass is 257 g/mol. The van der Waals surface area contributed by atoms with Crippen molar-refractivity contribution in [3.63, 3.8) is 0 Å². The summed E-state index contributed by atoms with van der Waals surface area (Å²) in [5.41, 5.74) is 0. The predicted molar refractivity (Wildman–Crippen MR) is 77.8 cm³/mol. The lowest BCUT2D eigenvalue weighted by Gasteiger charge is -2.19. The lowest BCUT2D eigenvalue weighted by atomic mass is 10.2. The van der Waals surface area contributed by atoms with E-state index in [1.807, 2.05) is 0 Å². The summed E-state index contributed by atoms with van der Waals surface area (Å²) in [4.78, 5) is 14.0. The molecule has 4 heteroatoms. The molecule has 0 aromatic rings. The molecule has 4 nitrogen and oxygen atoms in total. The summed E-state index contributed by atoms with van der Waals surface area (Å²) in [5.74, 6) is 0.106. The third-order valence-electron chi connectivity index (χ3n) is 3.01. The molecular weight excluding hydrogens is 226 g/mol. The van der Waals surface area contributed by atoms with Crippen LogP contribution in [0, 0.1) is 0 Å². The Hall–Kier alpha value is -0.610. The molecule has 108 valence electrons. The van der Waals surface area contributed by atoms with Crippen LogP contribution in [0.25, 0.3) is 0 Å². The largest absolute Gasteiger partial charge is 0.353 e. The van der Waals surface area contributed by atoms with E-state index in [2.05, 4.69) is 43.2 Å². The van der Waals surface area contributed by atoms with Crippen LogP contribution >= 0.6 is 0 Å². The molecule has 0 aliphatic heterocycles. The fourth-order valence-corrected chi connectivity index (χ4v) is 2.01. The normalized spacial score (nSPS) is 12.7. The van der Waals surface area contributed by atoms with Gasteiger partial charge in [-0.05, 0) is 32.9 Å². The Morgan fingerprint density at radius 2 is 1.89 bits per heavy atom. The van der Waals surface area contributed by atoms with E-state index in [9.17, 15) is 4.79 Å².